The number of sulfonamides is 1. The standard InChI is InChI=1S/C21H21F2N7O2S/c1-30(2)10-9-24-20-16-12-25-28-21(16)27-19(26-20)13-3-6-15(7-4-13)29-33(31,32)18-11-14(22)5-8-17(18)23/h3-8,11-12,29H,9-10H2,1-2H3,(H2,24,25,26,27,28). The minimum Gasteiger partial charge on any atom is -0.368 e. The molecule has 0 aliphatic rings. The Morgan fingerprint density at radius 2 is 1.82 bits per heavy atom. The van der Waals surface area contributed by atoms with Crippen molar-refractivity contribution in [3.63, 3.8) is 0 Å². The third kappa shape index (κ3) is 5.07. The molecule has 4 rings (SSSR count). The van der Waals surface area contributed by atoms with Gasteiger partial charge in [0.2, 0.25) is 0 Å². The molecule has 0 saturated heterocycles. The first-order valence-corrected chi connectivity index (χ1v) is 11.4. The highest BCUT2D eigenvalue weighted by molar-refractivity contribution is 7.92. The van der Waals surface area contributed by atoms with E-state index in [2.05, 4.69) is 30.2 Å². The second-order valence-electron chi connectivity index (χ2n) is 7.52. The number of nitrogens with one attached hydrogen (secondary N) is 3. The van der Waals surface area contributed by atoms with E-state index < -0.39 is 26.6 Å². The lowest BCUT2D eigenvalue weighted by Crippen LogP contribution is -2.21. The quantitative estimate of drug-likeness (QED) is 0.360. The average Bonchev–Trinajstić information content (AvgIpc) is 3.24. The van der Waals surface area contributed by atoms with Crippen LogP contribution in [-0.2, 0) is 10.0 Å². The minimum atomic E-state index is -4.31. The molecule has 33 heavy (non-hydrogen) atoms. The highest BCUT2D eigenvalue weighted by Crippen LogP contribution is 2.26. The number of aromatic amines is 1. The van der Waals surface area contributed by atoms with Gasteiger partial charge in [0.15, 0.2) is 11.5 Å². The SMILES string of the molecule is CN(C)CCNc1nc(-c2ccc(NS(=O)(=O)c3cc(F)ccc3F)cc2)nc2[nH]ncc12. The van der Waals surface area contributed by atoms with Crippen molar-refractivity contribution in [2.24, 2.45) is 0 Å². The molecule has 0 aliphatic heterocycles. The van der Waals surface area contributed by atoms with Gasteiger partial charge in [-0.25, -0.2) is 27.2 Å². The van der Waals surface area contributed by atoms with Crippen LogP contribution in [0.15, 0.2) is 53.6 Å². The smallest absolute Gasteiger partial charge is 0.264 e. The summed E-state index contributed by atoms with van der Waals surface area (Å²) in [5.74, 6) is -0.869. The van der Waals surface area contributed by atoms with E-state index in [4.69, 9.17) is 0 Å². The normalized spacial score (nSPS) is 11.8. The van der Waals surface area contributed by atoms with E-state index in [1.54, 1.807) is 18.3 Å². The van der Waals surface area contributed by atoms with Crippen LogP contribution >= 0.6 is 0 Å². The fourth-order valence-corrected chi connectivity index (χ4v) is 4.23. The summed E-state index contributed by atoms with van der Waals surface area (Å²) in [4.78, 5) is 10.3. The van der Waals surface area contributed by atoms with E-state index in [9.17, 15) is 17.2 Å². The molecule has 0 bridgehead atoms. The fourth-order valence-electron chi connectivity index (χ4n) is 3.08. The Kier molecular flexibility index (Phi) is 6.20. The first-order valence-electron chi connectivity index (χ1n) is 9.91. The van der Waals surface area contributed by atoms with Crippen molar-refractivity contribution in [3.05, 3.63) is 60.3 Å². The molecular formula is C21H21F2N7O2S. The molecular weight excluding hydrogens is 452 g/mol. The molecule has 9 nitrogen and oxygen atoms in total. The Hall–Kier alpha value is -3.64. The first-order chi connectivity index (χ1) is 15.7. The van der Waals surface area contributed by atoms with Gasteiger partial charge in [-0.1, -0.05) is 0 Å². The van der Waals surface area contributed by atoms with E-state index >= 15 is 0 Å². The first kappa shape index (κ1) is 22.6. The van der Waals surface area contributed by atoms with Crippen LogP contribution in [0.2, 0.25) is 0 Å². The van der Waals surface area contributed by atoms with Gasteiger partial charge in [-0.2, -0.15) is 5.10 Å². The van der Waals surface area contributed by atoms with Crippen molar-refractivity contribution in [1.82, 2.24) is 25.1 Å². The monoisotopic (exact) mass is 473 g/mol. The molecule has 3 N–H and O–H groups in total. The molecule has 0 atom stereocenters. The lowest BCUT2D eigenvalue weighted by molar-refractivity contribution is 0.425. The van der Waals surface area contributed by atoms with Crippen LogP contribution in [0.25, 0.3) is 22.4 Å². The van der Waals surface area contributed by atoms with E-state index in [1.807, 2.05) is 19.0 Å². The van der Waals surface area contributed by atoms with E-state index in [0.717, 1.165) is 24.1 Å². The summed E-state index contributed by atoms with van der Waals surface area (Å²) in [5.41, 5.74) is 1.36. The number of rotatable bonds is 8. The molecule has 0 aliphatic carbocycles. The molecule has 0 spiro atoms. The summed E-state index contributed by atoms with van der Waals surface area (Å²) in [6.45, 7) is 1.47. The van der Waals surface area contributed by atoms with E-state index in [1.165, 1.54) is 12.1 Å². The number of hydrogen-bond acceptors (Lipinski definition) is 7. The van der Waals surface area contributed by atoms with Crippen LogP contribution in [0.5, 0.6) is 0 Å². The van der Waals surface area contributed by atoms with Crippen LogP contribution in [0, 0.1) is 11.6 Å². The predicted molar refractivity (Wildman–Crippen MR) is 121 cm³/mol. The van der Waals surface area contributed by atoms with Crippen LogP contribution in [0.1, 0.15) is 0 Å². The number of benzene rings is 2. The Morgan fingerprint density at radius 1 is 1.06 bits per heavy atom. The number of H-pyrrole nitrogens is 1. The van der Waals surface area contributed by atoms with Gasteiger partial charge in [0.25, 0.3) is 10.0 Å². The van der Waals surface area contributed by atoms with Gasteiger partial charge in [-0.15, -0.1) is 0 Å². The van der Waals surface area contributed by atoms with Crippen molar-refractivity contribution in [2.45, 2.75) is 4.90 Å². The van der Waals surface area contributed by atoms with Gasteiger partial charge in [-0.05, 0) is 56.6 Å². The topological polar surface area (TPSA) is 116 Å². The molecule has 4 aromatic rings. The summed E-state index contributed by atoms with van der Waals surface area (Å²) in [5, 5.41) is 10.9. The lowest BCUT2D eigenvalue weighted by atomic mass is 10.2. The molecule has 2 heterocycles. The largest absolute Gasteiger partial charge is 0.368 e. The zero-order valence-electron chi connectivity index (χ0n) is 17.8. The van der Waals surface area contributed by atoms with Crippen LogP contribution < -0.4 is 10.0 Å². The Bertz CT molecular complexity index is 1390. The molecule has 2 aromatic carbocycles. The second-order valence-corrected chi connectivity index (χ2v) is 9.17. The zero-order valence-corrected chi connectivity index (χ0v) is 18.6. The maximum absolute atomic E-state index is 13.9. The Morgan fingerprint density at radius 3 is 2.55 bits per heavy atom. The van der Waals surface area contributed by atoms with Crippen LogP contribution in [0.3, 0.4) is 0 Å². The number of nitrogens with zero attached hydrogens (tertiary/aromatic N) is 4. The van der Waals surface area contributed by atoms with E-state index in [0.29, 0.717) is 35.5 Å². The van der Waals surface area contributed by atoms with Gasteiger partial charge in [0.1, 0.15) is 22.3 Å². The number of hydrogen-bond donors (Lipinski definition) is 3. The minimum absolute atomic E-state index is 0.175. The molecule has 0 fully saturated rings. The number of halogens is 2. The van der Waals surface area contributed by atoms with Crippen molar-refractivity contribution in [3.8, 4) is 11.4 Å². The number of fused-ring (bicyclic) bond motifs is 1. The molecule has 0 amide bonds. The number of aromatic nitrogens is 4. The van der Waals surface area contributed by atoms with Crippen molar-refractivity contribution in [2.75, 3.05) is 37.2 Å². The fraction of sp³-hybridized carbons (Fsp3) is 0.190. The summed E-state index contributed by atoms with van der Waals surface area (Å²) in [6, 6.07) is 8.48. The number of anilines is 2. The highest BCUT2D eigenvalue weighted by Gasteiger charge is 2.20. The molecule has 2 aromatic heterocycles. The van der Waals surface area contributed by atoms with Crippen molar-refractivity contribution < 1.29 is 17.2 Å². The van der Waals surface area contributed by atoms with Crippen LogP contribution in [-0.4, -0.2) is 60.7 Å². The van der Waals surface area contributed by atoms with Gasteiger partial charge >= 0.3 is 0 Å². The second kappa shape index (κ2) is 9.08. The molecule has 12 heteroatoms. The maximum Gasteiger partial charge on any atom is 0.264 e. The zero-order chi connectivity index (χ0) is 23.6. The van der Waals surface area contributed by atoms with Crippen molar-refractivity contribution in [1.29, 1.82) is 0 Å². The number of likely N-dealkylation sites (N-methyl/N-ethyl adjacent to an activating group) is 1. The Balaban J connectivity index is 1.58. The summed E-state index contributed by atoms with van der Waals surface area (Å²) in [7, 11) is -0.370. The van der Waals surface area contributed by atoms with Gasteiger partial charge in [0.05, 0.1) is 11.6 Å². The average molecular weight is 474 g/mol. The highest BCUT2D eigenvalue weighted by atomic mass is 32.2. The van der Waals surface area contributed by atoms with Gasteiger partial charge < -0.3 is 10.2 Å². The third-order valence-corrected chi connectivity index (χ3v) is 6.14. The Labute approximate surface area is 188 Å². The summed E-state index contributed by atoms with van der Waals surface area (Å²) < 4.78 is 54.5. The molecule has 0 unspecified atom stereocenters. The molecule has 0 saturated carbocycles. The molecule has 172 valence electrons. The maximum atomic E-state index is 13.9. The van der Waals surface area contributed by atoms with Gasteiger partial charge in [0, 0.05) is 24.3 Å². The summed E-state index contributed by atoms with van der Waals surface area (Å²) in [6.07, 6.45) is 1.64. The lowest BCUT2D eigenvalue weighted by Gasteiger charge is -2.12. The third-order valence-electron chi connectivity index (χ3n) is 4.74. The van der Waals surface area contributed by atoms with E-state index in [-0.39, 0.29) is 5.69 Å². The van der Waals surface area contributed by atoms with Crippen molar-refractivity contribution >= 4 is 32.6 Å². The van der Waals surface area contributed by atoms with Crippen LogP contribution in [0.4, 0.5) is 20.3 Å². The summed E-state index contributed by atoms with van der Waals surface area (Å²) >= 11 is 0. The van der Waals surface area contributed by atoms with Gasteiger partial charge in [-0.3, -0.25) is 9.82 Å². The molecule has 0 radical (unpaired) electrons. The predicted octanol–water partition coefficient (Wildman–Crippen LogP) is 3.07.